The van der Waals surface area contributed by atoms with Crippen molar-refractivity contribution in [1.29, 1.82) is 0 Å². The molecule has 2 heterocycles. The van der Waals surface area contributed by atoms with Crippen LogP contribution in [0.4, 0.5) is 8.78 Å². The first kappa shape index (κ1) is 42.8. The Morgan fingerprint density at radius 1 is 0.550 bits per heavy atom. The number of benzene rings is 4. The van der Waals surface area contributed by atoms with Crippen LogP contribution in [0.3, 0.4) is 0 Å². The minimum Gasteiger partial charge on any atom is -0.465 e. The van der Waals surface area contributed by atoms with Crippen LogP contribution in [-0.2, 0) is 28.7 Å². The number of amides is 2. The lowest BCUT2D eigenvalue weighted by Gasteiger charge is -2.16. The summed E-state index contributed by atoms with van der Waals surface area (Å²) in [6, 6.07) is 26.1. The van der Waals surface area contributed by atoms with Crippen LogP contribution in [-0.4, -0.2) is 58.5 Å². The highest BCUT2D eigenvalue weighted by Gasteiger charge is 2.40. The highest BCUT2D eigenvalue weighted by molar-refractivity contribution is 8.76. The summed E-state index contributed by atoms with van der Waals surface area (Å²) >= 11 is 0. The molecule has 12 nitrogen and oxygen atoms in total. The molecule has 0 saturated carbocycles. The average molecular weight is 851 g/mol. The standard InChI is InChI=1S/C44H36F2N4O8S2/c1-3-57-43(55)33(39(47)53)29-31(37(51)25-11-7-5-8-12-25)41(49-35(29)23-15-19-27(45)20-16-23)59-60-42-32(38(52)26-13-9-6-10-14-26)30(34(40(48)54)44(56)58-4-2)36(50-42)24-17-21-28(46)22-18-24/h5-22,33-34,49-50H,3-4H2,1-2H3,(H2,47,53)(H2,48,54). The fourth-order valence-electron chi connectivity index (χ4n) is 6.58. The number of aromatic amines is 2. The van der Waals surface area contributed by atoms with Crippen LogP contribution in [0.2, 0.25) is 0 Å². The van der Waals surface area contributed by atoms with Crippen molar-refractivity contribution in [1.82, 2.24) is 9.97 Å². The maximum atomic E-state index is 14.6. The molecule has 6 N–H and O–H groups in total. The van der Waals surface area contributed by atoms with Crippen LogP contribution in [0.15, 0.2) is 119 Å². The van der Waals surface area contributed by atoms with Crippen LogP contribution < -0.4 is 11.5 Å². The molecule has 0 saturated heterocycles. The lowest BCUT2D eigenvalue weighted by molar-refractivity contribution is -0.149. The van der Waals surface area contributed by atoms with E-state index in [1.807, 2.05) is 0 Å². The van der Waals surface area contributed by atoms with Crippen LogP contribution in [0, 0.1) is 11.6 Å². The van der Waals surface area contributed by atoms with E-state index >= 15 is 0 Å². The van der Waals surface area contributed by atoms with Gasteiger partial charge in [0.2, 0.25) is 11.8 Å². The number of esters is 2. The number of ether oxygens (including phenoxy) is 2. The number of H-pyrrole nitrogens is 2. The number of nitrogens with two attached hydrogens (primary N) is 2. The number of halogens is 2. The molecule has 0 fully saturated rings. The zero-order valence-corrected chi connectivity index (χ0v) is 33.6. The van der Waals surface area contributed by atoms with Gasteiger partial charge in [0, 0.05) is 22.3 Å². The van der Waals surface area contributed by atoms with Crippen molar-refractivity contribution in [3.05, 3.63) is 154 Å². The molecule has 6 aromatic rings. The molecule has 0 radical (unpaired) electrons. The van der Waals surface area contributed by atoms with Gasteiger partial charge in [0.1, 0.15) is 11.6 Å². The number of hydrogen-bond donors (Lipinski definition) is 4. The van der Waals surface area contributed by atoms with E-state index in [-0.39, 0.29) is 79.2 Å². The first-order valence-electron chi connectivity index (χ1n) is 18.4. The van der Waals surface area contributed by atoms with E-state index in [9.17, 15) is 37.5 Å². The largest absolute Gasteiger partial charge is 0.465 e. The molecule has 0 aliphatic rings. The van der Waals surface area contributed by atoms with E-state index in [4.69, 9.17) is 20.9 Å². The van der Waals surface area contributed by atoms with Crippen LogP contribution in [0.25, 0.3) is 22.5 Å². The van der Waals surface area contributed by atoms with Gasteiger partial charge in [0.15, 0.2) is 23.4 Å². The monoisotopic (exact) mass is 850 g/mol. The Morgan fingerprint density at radius 3 is 1.18 bits per heavy atom. The Bertz CT molecular complexity index is 2400. The minimum absolute atomic E-state index is 0.0631. The summed E-state index contributed by atoms with van der Waals surface area (Å²) in [5, 5.41) is 0.126. The van der Waals surface area contributed by atoms with Gasteiger partial charge in [0.05, 0.1) is 45.8 Å². The Balaban J connectivity index is 1.64. The molecule has 16 heteroatoms. The Morgan fingerprint density at radius 2 is 0.883 bits per heavy atom. The second kappa shape index (κ2) is 18.9. The maximum Gasteiger partial charge on any atom is 0.323 e. The predicted octanol–water partition coefficient (Wildman–Crippen LogP) is 7.48. The van der Waals surface area contributed by atoms with E-state index in [0.717, 1.165) is 45.9 Å². The quantitative estimate of drug-likeness (QED) is 0.0308. The number of nitrogens with one attached hydrogen (secondary N) is 2. The highest BCUT2D eigenvalue weighted by Crippen LogP contribution is 2.48. The number of rotatable bonds is 17. The molecular weight excluding hydrogens is 815 g/mol. The third-order valence-electron chi connectivity index (χ3n) is 9.20. The van der Waals surface area contributed by atoms with Gasteiger partial charge in [0.25, 0.3) is 0 Å². The van der Waals surface area contributed by atoms with E-state index < -0.39 is 58.8 Å². The van der Waals surface area contributed by atoms with Crippen LogP contribution >= 0.6 is 21.6 Å². The van der Waals surface area contributed by atoms with Crippen molar-refractivity contribution in [3.63, 3.8) is 0 Å². The number of carbonyl (C=O) groups is 6. The second-order valence-corrected chi connectivity index (χ2v) is 15.1. The van der Waals surface area contributed by atoms with Crippen molar-refractivity contribution in [2.45, 2.75) is 35.7 Å². The average Bonchev–Trinajstić information content (AvgIpc) is 3.79. The first-order chi connectivity index (χ1) is 28.9. The number of hydrogen-bond acceptors (Lipinski definition) is 10. The molecule has 306 valence electrons. The third kappa shape index (κ3) is 8.94. The summed E-state index contributed by atoms with van der Waals surface area (Å²) in [5.41, 5.74) is 12.2. The van der Waals surface area contributed by atoms with Crippen molar-refractivity contribution in [2.75, 3.05) is 13.2 Å². The molecular formula is C44H36F2N4O8S2. The second-order valence-electron chi connectivity index (χ2n) is 13.0. The van der Waals surface area contributed by atoms with Gasteiger partial charge >= 0.3 is 11.9 Å². The van der Waals surface area contributed by atoms with Crippen molar-refractivity contribution in [2.24, 2.45) is 11.5 Å². The molecule has 0 aliphatic heterocycles. The van der Waals surface area contributed by atoms with Gasteiger partial charge in [-0.2, -0.15) is 0 Å². The molecule has 2 aromatic heterocycles. The smallest absolute Gasteiger partial charge is 0.323 e. The number of carbonyl (C=O) groups excluding carboxylic acids is 6. The summed E-state index contributed by atoms with van der Waals surface area (Å²) in [4.78, 5) is 89.0. The van der Waals surface area contributed by atoms with Gasteiger partial charge in [-0.05, 0) is 95.1 Å². The van der Waals surface area contributed by atoms with Gasteiger partial charge in [-0.25, -0.2) is 8.78 Å². The summed E-state index contributed by atoms with van der Waals surface area (Å²) in [6.45, 7) is 2.82. The van der Waals surface area contributed by atoms with E-state index in [1.54, 1.807) is 36.4 Å². The summed E-state index contributed by atoms with van der Waals surface area (Å²) in [6.07, 6.45) is 0. The Hall–Kier alpha value is -6.78. The van der Waals surface area contributed by atoms with Crippen LogP contribution in [0.5, 0.6) is 0 Å². The van der Waals surface area contributed by atoms with Crippen molar-refractivity contribution >= 4 is 56.9 Å². The SMILES string of the molecule is CCOC(=O)C(C(N)=O)c1c(-c2ccc(F)cc2)[nH]c(SSc2[nH]c(-c3ccc(F)cc3)c(C(C(N)=O)C(=O)OCC)c2C(=O)c2ccccc2)c1C(=O)c1ccccc1. The Kier molecular flexibility index (Phi) is 13.5. The molecule has 0 aliphatic carbocycles. The molecule has 0 spiro atoms. The molecule has 6 rings (SSSR count). The predicted molar refractivity (Wildman–Crippen MR) is 221 cm³/mol. The molecule has 2 amide bonds. The highest BCUT2D eigenvalue weighted by atomic mass is 33.1. The summed E-state index contributed by atoms with van der Waals surface area (Å²) in [7, 11) is 1.76. The molecule has 2 unspecified atom stereocenters. The number of aromatic nitrogens is 2. The number of ketones is 2. The van der Waals surface area contributed by atoms with Crippen LogP contribution in [0.1, 0.15) is 68.7 Å². The minimum atomic E-state index is -1.82. The lowest BCUT2D eigenvalue weighted by Crippen LogP contribution is -2.31. The molecule has 60 heavy (non-hydrogen) atoms. The molecule has 4 aromatic carbocycles. The van der Waals surface area contributed by atoms with E-state index in [0.29, 0.717) is 0 Å². The molecule has 0 bridgehead atoms. The zero-order chi connectivity index (χ0) is 43.1. The van der Waals surface area contributed by atoms with Crippen molar-refractivity contribution in [3.8, 4) is 22.5 Å². The van der Waals surface area contributed by atoms with Gasteiger partial charge < -0.3 is 30.9 Å². The van der Waals surface area contributed by atoms with E-state index in [1.165, 1.54) is 62.4 Å². The van der Waals surface area contributed by atoms with Gasteiger partial charge in [-0.15, -0.1) is 0 Å². The van der Waals surface area contributed by atoms with Gasteiger partial charge in [-0.3, -0.25) is 28.8 Å². The topological polar surface area (TPSA) is 204 Å². The third-order valence-corrected chi connectivity index (χ3v) is 11.5. The summed E-state index contributed by atoms with van der Waals surface area (Å²) < 4.78 is 39.0. The van der Waals surface area contributed by atoms with Crippen molar-refractivity contribution < 1.29 is 47.0 Å². The number of primary amides is 2. The summed E-state index contributed by atoms with van der Waals surface area (Å²) in [5.74, 6) is -10.4. The lowest BCUT2D eigenvalue weighted by atomic mass is 9.89. The Labute approximate surface area is 349 Å². The van der Waals surface area contributed by atoms with Gasteiger partial charge in [-0.1, -0.05) is 60.7 Å². The fourth-order valence-corrected chi connectivity index (χ4v) is 8.85. The fraction of sp³-hybridized carbons (Fsp3) is 0.136. The normalized spacial score (nSPS) is 12.0. The zero-order valence-electron chi connectivity index (χ0n) is 32.0. The molecule has 2 atom stereocenters. The van der Waals surface area contributed by atoms with E-state index in [2.05, 4.69) is 9.97 Å². The maximum absolute atomic E-state index is 14.6. The first-order valence-corrected chi connectivity index (χ1v) is 20.5.